The number of alkyl halides is 3. The standard InChI is InChI=1S/C13H14F3NO3/c1-2-19-12(18)8-5-10(6-8)20-11-4-3-9(7-17-11)13(14,15)16/h3-4,7-8,10H,2,5-6H2,1H3. The minimum Gasteiger partial charge on any atom is -0.474 e. The number of hydrogen-bond donors (Lipinski definition) is 0. The molecule has 1 aromatic rings. The summed E-state index contributed by atoms with van der Waals surface area (Å²) in [6.45, 7) is 2.07. The summed E-state index contributed by atoms with van der Waals surface area (Å²) in [5, 5.41) is 0. The van der Waals surface area contributed by atoms with Gasteiger partial charge in [0.15, 0.2) is 0 Å². The van der Waals surface area contributed by atoms with Crippen LogP contribution in [0.5, 0.6) is 5.88 Å². The Morgan fingerprint density at radius 2 is 2.10 bits per heavy atom. The number of nitrogens with zero attached hydrogens (tertiary/aromatic N) is 1. The maximum atomic E-state index is 12.3. The molecule has 0 radical (unpaired) electrons. The Morgan fingerprint density at radius 1 is 1.40 bits per heavy atom. The number of rotatable bonds is 4. The number of hydrogen-bond acceptors (Lipinski definition) is 4. The number of aromatic nitrogens is 1. The second kappa shape index (κ2) is 5.68. The summed E-state index contributed by atoms with van der Waals surface area (Å²) in [5.41, 5.74) is -0.817. The van der Waals surface area contributed by atoms with Crippen LogP contribution in [0.1, 0.15) is 25.3 Å². The van der Waals surface area contributed by atoms with E-state index in [2.05, 4.69) is 4.98 Å². The molecule has 0 aromatic carbocycles. The average molecular weight is 289 g/mol. The summed E-state index contributed by atoms with van der Waals surface area (Å²) in [4.78, 5) is 15.0. The van der Waals surface area contributed by atoms with Crippen LogP contribution in [0, 0.1) is 5.92 Å². The van der Waals surface area contributed by atoms with Gasteiger partial charge in [0.05, 0.1) is 18.1 Å². The molecule has 1 fully saturated rings. The van der Waals surface area contributed by atoms with Gasteiger partial charge in [-0.1, -0.05) is 0 Å². The zero-order chi connectivity index (χ0) is 14.8. The number of pyridine rings is 1. The predicted molar refractivity (Wildman–Crippen MR) is 63.0 cm³/mol. The van der Waals surface area contributed by atoms with Crippen LogP contribution in [0.15, 0.2) is 18.3 Å². The van der Waals surface area contributed by atoms with Gasteiger partial charge in [-0.15, -0.1) is 0 Å². The Bertz CT molecular complexity index is 467. The smallest absolute Gasteiger partial charge is 0.417 e. The van der Waals surface area contributed by atoms with E-state index in [4.69, 9.17) is 9.47 Å². The van der Waals surface area contributed by atoms with Gasteiger partial charge in [0, 0.05) is 12.3 Å². The van der Waals surface area contributed by atoms with E-state index in [1.54, 1.807) is 6.92 Å². The van der Waals surface area contributed by atoms with Gasteiger partial charge >= 0.3 is 12.1 Å². The molecule has 1 aliphatic carbocycles. The molecule has 0 aliphatic heterocycles. The van der Waals surface area contributed by atoms with Crippen molar-refractivity contribution in [3.8, 4) is 5.88 Å². The van der Waals surface area contributed by atoms with E-state index in [0.717, 1.165) is 12.3 Å². The van der Waals surface area contributed by atoms with Gasteiger partial charge in [0.25, 0.3) is 0 Å². The Balaban J connectivity index is 1.83. The van der Waals surface area contributed by atoms with E-state index in [0.29, 0.717) is 19.4 Å². The highest BCUT2D eigenvalue weighted by atomic mass is 19.4. The first-order valence-corrected chi connectivity index (χ1v) is 6.26. The molecule has 4 nitrogen and oxygen atoms in total. The maximum absolute atomic E-state index is 12.3. The van der Waals surface area contributed by atoms with Crippen molar-refractivity contribution in [2.24, 2.45) is 5.92 Å². The molecule has 20 heavy (non-hydrogen) atoms. The fraction of sp³-hybridized carbons (Fsp3) is 0.538. The molecule has 0 N–H and O–H groups in total. The Hall–Kier alpha value is -1.79. The highest BCUT2D eigenvalue weighted by Crippen LogP contribution is 2.33. The van der Waals surface area contributed by atoms with E-state index >= 15 is 0 Å². The molecule has 0 atom stereocenters. The van der Waals surface area contributed by atoms with Crippen LogP contribution in [-0.2, 0) is 15.7 Å². The summed E-state index contributed by atoms with van der Waals surface area (Å²) >= 11 is 0. The molecule has 0 amide bonds. The van der Waals surface area contributed by atoms with Crippen molar-refractivity contribution in [1.29, 1.82) is 0 Å². The van der Waals surface area contributed by atoms with E-state index in [-0.39, 0.29) is 23.9 Å². The fourth-order valence-electron chi connectivity index (χ4n) is 1.90. The Labute approximate surface area is 113 Å². The van der Waals surface area contributed by atoms with Crippen molar-refractivity contribution in [3.05, 3.63) is 23.9 Å². The van der Waals surface area contributed by atoms with Gasteiger partial charge in [0.2, 0.25) is 5.88 Å². The van der Waals surface area contributed by atoms with E-state index in [9.17, 15) is 18.0 Å². The molecular formula is C13H14F3NO3. The van der Waals surface area contributed by atoms with Gasteiger partial charge in [-0.2, -0.15) is 13.2 Å². The molecular weight excluding hydrogens is 275 g/mol. The molecule has 1 aliphatic rings. The molecule has 1 saturated carbocycles. The number of carbonyl (C=O) groups is 1. The number of esters is 1. The SMILES string of the molecule is CCOC(=O)C1CC(Oc2ccc(C(F)(F)F)cn2)C1. The van der Waals surface area contributed by atoms with Crippen molar-refractivity contribution in [3.63, 3.8) is 0 Å². The van der Waals surface area contributed by atoms with Crippen LogP contribution in [0.2, 0.25) is 0 Å². The zero-order valence-corrected chi connectivity index (χ0v) is 10.8. The molecule has 2 rings (SSSR count). The van der Waals surface area contributed by atoms with Crippen LogP contribution in [0.3, 0.4) is 0 Å². The van der Waals surface area contributed by atoms with Crippen LogP contribution in [0.4, 0.5) is 13.2 Å². The molecule has 0 saturated heterocycles. The average Bonchev–Trinajstić information content (AvgIpc) is 2.33. The lowest BCUT2D eigenvalue weighted by Crippen LogP contribution is -2.39. The summed E-state index contributed by atoms with van der Waals surface area (Å²) in [7, 11) is 0. The van der Waals surface area contributed by atoms with Crippen LogP contribution < -0.4 is 4.74 Å². The topological polar surface area (TPSA) is 48.4 Å². The Morgan fingerprint density at radius 3 is 2.60 bits per heavy atom. The van der Waals surface area contributed by atoms with Crippen molar-refractivity contribution >= 4 is 5.97 Å². The second-order valence-corrected chi connectivity index (χ2v) is 4.54. The van der Waals surface area contributed by atoms with Gasteiger partial charge in [-0.25, -0.2) is 4.98 Å². The van der Waals surface area contributed by atoms with Crippen molar-refractivity contribution < 1.29 is 27.4 Å². The maximum Gasteiger partial charge on any atom is 0.417 e. The third-order valence-electron chi connectivity index (χ3n) is 3.07. The minimum atomic E-state index is -4.41. The summed E-state index contributed by atoms with van der Waals surface area (Å²) < 4.78 is 47.3. The quantitative estimate of drug-likeness (QED) is 0.800. The lowest BCUT2D eigenvalue weighted by atomic mass is 9.82. The molecule has 0 bridgehead atoms. The van der Waals surface area contributed by atoms with Crippen LogP contribution in [0.25, 0.3) is 0 Å². The highest BCUT2D eigenvalue weighted by molar-refractivity contribution is 5.73. The monoisotopic (exact) mass is 289 g/mol. The molecule has 1 aromatic heterocycles. The highest BCUT2D eigenvalue weighted by Gasteiger charge is 2.37. The summed E-state index contributed by atoms with van der Waals surface area (Å²) in [6.07, 6.45) is -2.87. The van der Waals surface area contributed by atoms with Crippen molar-refractivity contribution in [1.82, 2.24) is 4.98 Å². The van der Waals surface area contributed by atoms with Crippen LogP contribution >= 0.6 is 0 Å². The summed E-state index contributed by atoms with van der Waals surface area (Å²) in [5.74, 6) is -0.313. The van der Waals surface area contributed by atoms with Crippen molar-refractivity contribution in [2.45, 2.75) is 32.0 Å². The van der Waals surface area contributed by atoms with Gasteiger partial charge < -0.3 is 9.47 Å². The summed E-state index contributed by atoms with van der Waals surface area (Å²) in [6, 6.07) is 2.10. The third-order valence-corrected chi connectivity index (χ3v) is 3.07. The molecule has 0 unspecified atom stereocenters. The third kappa shape index (κ3) is 3.40. The molecule has 110 valence electrons. The number of ether oxygens (including phenoxy) is 2. The number of carbonyl (C=O) groups excluding carboxylic acids is 1. The number of halogens is 3. The van der Waals surface area contributed by atoms with E-state index < -0.39 is 11.7 Å². The first kappa shape index (κ1) is 14.6. The van der Waals surface area contributed by atoms with Crippen molar-refractivity contribution in [2.75, 3.05) is 6.61 Å². The lowest BCUT2D eigenvalue weighted by molar-refractivity contribution is -0.154. The first-order valence-electron chi connectivity index (χ1n) is 6.26. The van der Waals surface area contributed by atoms with Gasteiger partial charge in [0.1, 0.15) is 6.10 Å². The van der Waals surface area contributed by atoms with Gasteiger partial charge in [-0.05, 0) is 25.8 Å². The zero-order valence-electron chi connectivity index (χ0n) is 10.8. The largest absolute Gasteiger partial charge is 0.474 e. The molecule has 1 heterocycles. The van der Waals surface area contributed by atoms with Gasteiger partial charge in [-0.3, -0.25) is 4.79 Å². The lowest BCUT2D eigenvalue weighted by Gasteiger charge is -2.33. The van der Waals surface area contributed by atoms with Crippen LogP contribution in [-0.4, -0.2) is 23.7 Å². The molecule has 0 spiro atoms. The predicted octanol–water partition coefficient (Wildman–Crippen LogP) is 2.82. The van der Waals surface area contributed by atoms with E-state index in [1.165, 1.54) is 6.07 Å². The normalized spacial score (nSPS) is 22.0. The fourth-order valence-corrected chi connectivity index (χ4v) is 1.90. The first-order chi connectivity index (χ1) is 9.40. The van der Waals surface area contributed by atoms with E-state index in [1.807, 2.05) is 0 Å². The minimum absolute atomic E-state index is 0.130. The molecule has 7 heteroatoms. The Kier molecular flexibility index (Phi) is 4.15. The second-order valence-electron chi connectivity index (χ2n) is 4.54.